The quantitative estimate of drug-likeness (QED) is 0.592. The van der Waals surface area contributed by atoms with Gasteiger partial charge in [-0.2, -0.15) is 0 Å². The molecule has 0 aliphatic rings. The smallest absolute Gasteiger partial charge is 0.287 e. The van der Waals surface area contributed by atoms with Crippen LogP contribution in [0.3, 0.4) is 0 Å². The fourth-order valence-electron chi connectivity index (χ4n) is 0.908. The molecule has 0 atom stereocenters. The van der Waals surface area contributed by atoms with Gasteiger partial charge in [0.1, 0.15) is 0 Å². The van der Waals surface area contributed by atoms with Crippen LogP contribution in [0, 0.1) is 5.92 Å². The summed E-state index contributed by atoms with van der Waals surface area (Å²) in [4.78, 5) is 26.5. The van der Waals surface area contributed by atoms with Crippen molar-refractivity contribution in [2.75, 3.05) is 6.54 Å². The van der Waals surface area contributed by atoms with Crippen LogP contribution in [0.5, 0.6) is 0 Å². The molecule has 1 N–H and O–H groups in total. The first-order chi connectivity index (χ1) is 8.02. The Balaban J connectivity index is 0. The lowest BCUT2D eigenvalue weighted by atomic mass is 10.1. The highest BCUT2D eigenvalue weighted by atomic mass is 16.2. The van der Waals surface area contributed by atoms with E-state index in [0.29, 0.717) is 0 Å². The Morgan fingerprint density at radius 3 is 2.12 bits per heavy atom. The van der Waals surface area contributed by atoms with E-state index in [2.05, 4.69) is 10.3 Å². The number of hydrogen-bond donors (Lipinski definition) is 1. The summed E-state index contributed by atoms with van der Waals surface area (Å²) in [7, 11) is 0. The number of amides is 1. The van der Waals surface area contributed by atoms with Gasteiger partial charge in [0, 0.05) is 12.1 Å². The number of hydrogen-bond acceptors (Lipinski definition) is 3. The van der Waals surface area contributed by atoms with Gasteiger partial charge in [0.25, 0.3) is 5.91 Å². The molecule has 0 aromatic carbocycles. The number of carbonyl (C=O) groups is 2. The van der Waals surface area contributed by atoms with E-state index < -0.39 is 11.7 Å². The van der Waals surface area contributed by atoms with Crippen molar-refractivity contribution in [3.8, 4) is 0 Å². The van der Waals surface area contributed by atoms with Crippen molar-refractivity contribution in [2.45, 2.75) is 41.5 Å². The molecule has 4 heteroatoms. The lowest BCUT2D eigenvalue weighted by Gasteiger charge is -2.06. The highest BCUT2D eigenvalue weighted by Crippen LogP contribution is 1.96. The molecule has 1 amide bonds. The van der Waals surface area contributed by atoms with Crippen LogP contribution in [0.4, 0.5) is 0 Å². The van der Waals surface area contributed by atoms with Crippen LogP contribution in [-0.2, 0) is 9.59 Å². The molecule has 0 spiro atoms. The summed E-state index contributed by atoms with van der Waals surface area (Å²) in [6, 6.07) is 0. The van der Waals surface area contributed by atoms with E-state index in [4.69, 9.17) is 0 Å². The molecule has 0 rings (SSSR count). The first-order valence-electron chi connectivity index (χ1n) is 5.98. The molecule has 98 valence electrons. The van der Waals surface area contributed by atoms with E-state index in [1.165, 1.54) is 0 Å². The minimum atomic E-state index is -0.546. The Bertz CT molecular complexity index is 292. The Kier molecular flexibility index (Phi) is 11.7. The summed E-state index contributed by atoms with van der Waals surface area (Å²) < 4.78 is 0. The molecule has 0 fully saturated rings. The van der Waals surface area contributed by atoms with Gasteiger partial charge in [0.15, 0.2) is 0 Å². The van der Waals surface area contributed by atoms with E-state index in [-0.39, 0.29) is 12.5 Å². The van der Waals surface area contributed by atoms with Gasteiger partial charge in [0.2, 0.25) is 5.78 Å². The van der Waals surface area contributed by atoms with Gasteiger partial charge in [-0.25, -0.2) is 0 Å². The van der Waals surface area contributed by atoms with Gasteiger partial charge >= 0.3 is 0 Å². The standard InChI is InChI=1S/C11H18N2O2.C2H6/c1-5-9(12-6-2)7-13-11(15)10(14)8(3)4;1-2/h5-6,8H,7H2,1-4H3,(H,13,15);1-2H3/b9-5-,12-6?;. The predicted octanol–water partition coefficient (Wildman–Crippen LogP) is 2.35. The van der Waals surface area contributed by atoms with Crippen molar-refractivity contribution in [1.29, 1.82) is 0 Å². The van der Waals surface area contributed by atoms with Gasteiger partial charge in [0.05, 0.1) is 12.2 Å². The summed E-state index contributed by atoms with van der Waals surface area (Å²) in [6.45, 7) is 11.3. The second-order valence-electron chi connectivity index (χ2n) is 3.37. The molecule has 0 aliphatic heterocycles. The van der Waals surface area contributed by atoms with Crippen LogP contribution in [0.1, 0.15) is 41.5 Å². The summed E-state index contributed by atoms with van der Waals surface area (Å²) in [5, 5.41) is 2.53. The van der Waals surface area contributed by atoms with Crippen molar-refractivity contribution < 1.29 is 9.59 Å². The summed E-state index contributed by atoms with van der Waals surface area (Å²) in [5.74, 6) is -1.21. The average Bonchev–Trinajstić information content (AvgIpc) is 2.35. The SMILES string of the molecule is CC.CC=N/C(=C\C)CNC(=O)C(=O)C(C)C. The number of ketones is 1. The van der Waals surface area contributed by atoms with E-state index in [1.807, 2.05) is 20.8 Å². The molecule has 0 saturated heterocycles. The molecule has 17 heavy (non-hydrogen) atoms. The second-order valence-corrected chi connectivity index (χ2v) is 3.37. The molecule has 0 aliphatic carbocycles. The largest absolute Gasteiger partial charge is 0.344 e. The molecule has 0 heterocycles. The first-order valence-corrected chi connectivity index (χ1v) is 5.98. The lowest BCUT2D eigenvalue weighted by Crippen LogP contribution is -2.34. The average molecular weight is 240 g/mol. The maximum absolute atomic E-state index is 11.3. The predicted molar refractivity (Wildman–Crippen MR) is 72.1 cm³/mol. The first kappa shape index (κ1) is 17.9. The maximum Gasteiger partial charge on any atom is 0.287 e. The van der Waals surface area contributed by atoms with Crippen LogP contribution in [-0.4, -0.2) is 24.4 Å². The number of nitrogens with zero attached hydrogens (tertiary/aromatic N) is 1. The number of allylic oxidation sites excluding steroid dienone is 1. The number of aliphatic imine (C=N–C) groups is 1. The number of Topliss-reactive ketones (excluding diaryl/α,β-unsaturated/α-hetero) is 1. The highest BCUT2D eigenvalue weighted by molar-refractivity contribution is 6.36. The number of nitrogens with one attached hydrogen (secondary N) is 1. The number of carbonyl (C=O) groups excluding carboxylic acids is 2. The van der Waals surface area contributed by atoms with Gasteiger partial charge in [-0.05, 0) is 13.8 Å². The minimum Gasteiger partial charge on any atom is -0.344 e. The normalized spacial score (nSPS) is 11.1. The Morgan fingerprint density at radius 2 is 1.76 bits per heavy atom. The van der Waals surface area contributed by atoms with Gasteiger partial charge in [-0.15, -0.1) is 0 Å². The van der Waals surface area contributed by atoms with E-state index in [0.717, 1.165) is 5.70 Å². The Hall–Kier alpha value is -1.45. The highest BCUT2D eigenvalue weighted by Gasteiger charge is 2.16. The van der Waals surface area contributed by atoms with E-state index >= 15 is 0 Å². The zero-order valence-corrected chi connectivity index (χ0v) is 11.7. The fourth-order valence-corrected chi connectivity index (χ4v) is 0.908. The van der Waals surface area contributed by atoms with Crippen LogP contribution in [0.25, 0.3) is 0 Å². The Labute approximate surface area is 104 Å². The summed E-state index contributed by atoms with van der Waals surface area (Å²) in [5.41, 5.74) is 0.738. The van der Waals surface area contributed by atoms with Crippen LogP contribution in [0.2, 0.25) is 0 Å². The van der Waals surface area contributed by atoms with Crippen LogP contribution >= 0.6 is 0 Å². The Morgan fingerprint density at radius 1 is 1.24 bits per heavy atom. The number of rotatable bonds is 5. The van der Waals surface area contributed by atoms with Gasteiger partial charge < -0.3 is 5.32 Å². The van der Waals surface area contributed by atoms with Crippen molar-refractivity contribution in [1.82, 2.24) is 5.32 Å². The van der Waals surface area contributed by atoms with Crippen molar-refractivity contribution in [3.05, 3.63) is 11.8 Å². The van der Waals surface area contributed by atoms with Crippen LogP contribution < -0.4 is 5.32 Å². The van der Waals surface area contributed by atoms with Crippen molar-refractivity contribution in [3.63, 3.8) is 0 Å². The zero-order chi connectivity index (χ0) is 13.8. The monoisotopic (exact) mass is 240 g/mol. The van der Waals surface area contributed by atoms with Gasteiger partial charge in [-0.1, -0.05) is 33.8 Å². The summed E-state index contributed by atoms with van der Waals surface area (Å²) in [6.07, 6.45) is 3.44. The molecule has 0 aromatic rings. The second kappa shape index (κ2) is 11.0. The third-order valence-corrected chi connectivity index (χ3v) is 1.81. The topological polar surface area (TPSA) is 58.5 Å². The maximum atomic E-state index is 11.3. The molecule has 0 aromatic heterocycles. The summed E-state index contributed by atoms with van der Waals surface area (Å²) >= 11 is 0. The fraction of sp³-hybridized carbons (Fsp3) is 0.615. The minimum absolute atomic E-state index is 0.270. The molecular weight excluding hydrogens is 216 g/mol. The van der Waals surface area contributed by atoms with E-state index in [9.17, 15) is 9.59 Å². The van der Waals surface area contributed by atoms with Crippen LogP contribution in [0.15, 0.2) is 16.8 Å². The molecule has 0 radical (unpaired) electrons. The molecule has 0 unspecified atom stereocenters. The third kappa shape index (κ3) is 8.37. The zero-order valence-electron chi connectivity index (χ0n) is 11.7. The molecule has 4 nitrogen and oxygen atoms in total. The van der Waals surface area contributed by atoms with Gasteiger partial charge in [-0.3, -0.25) is 14.6 Å². The lowest BCUT2D eigenvalue weighted by molar-refractivity contribution is -0.139. The van der Waals surface area contributed by atoms with E-state index in [1.54, 1.807) is 33.1 Å². The molecule has 0 saturated carbocycles. The third-order valence-electron chi connectivity index (χ3n) is 1.81. The van der Waals surface area contributed by atoms with Crippen molar-refractivity contribution >= 4 is 17.9 Å². The molecule has 0 bridgehead atoms. The van der Waals surface area contributed by atoms with Crippen molar-refractivity contribution in [2.24, 2.45) is 10.9 Å². The molecular formula is C13H24N2O2.